The number of carbonyl (C=O) groups is 2. The van der Waals surface area contributed by atoms with Crippen LogP contribution in [0.15, 0.2) is 24.3 Å². The van der Waals surface area contributed by atoms with Crippen molar-refractivity contribution < 1.29 is 14.7 Å². The van der Waals surface area contributed by atoms with Crippen LogP contribution in [-0.2, 0) is 9.59 Å². The first-order valence-corrected chi connectivity index (χ1v) is 7.48. The van der Waals surface area contributed by atoms with Crippen molar-refractivity contribution in [1.29, 1.82) is 0 Å². The Kier molecular flexibility index (Phi) is 5.20. The molecule has 0 saturated carbocycles. The highest BCUT2D eigenvalue weighted by atomic mass is 16.3. The van der Waals surface area contributed by atoms with E-state index in [2.05, 4.69) is 5.32 Å². The molecule has 5 nitrogen and oxygen atoms in total. The van der Waals surface area contributed by atoms with Gasteiger partial charge < -0.3 is 15.3 Å². The standard InChI is InChI=1S/C16H22N2O3/c1-2-5-15(20)18-10-8-12(9-11-18)16(21)17-13-6-3-4-7-14(13)19/h3-4,6-7,12,19H,2,5,8-11H2,1H3,(H,17,21). The lowest BCUT2D eigenvalue weighted by molar-refractivity contribution is -0.134. The number of nitrogens with zero attached hydrogens (tertiary/aromatic N) is 1. The van der Waals surface area contributed by atoms with Gasteiger partial charge in [0, 0.05) is 25.4 Å². The summed E-state index contributed by atoms with van der Waals surface area (Å²) in [5, 5.41) is 12.4. The Morgan fingerprint density at radius 3 is 2.57 bits per heavy atom. The molecule has 2 N–H and O–H groups in total. The van der Waals surface area contributed by atoms with E-state index < -0.39 is 0 Å². The maximum Gasteiger partial charge on any atom is 0.227 e. The van der Waals surface area contributed by atoms with E-state index >= 15 is 0 Å². The molecule has 1 aliphatic heterocycles. The number of phenols is 1. The molecule has 0 aromatic heterocycles. The van der Waals surface area contributed by atoms with Crippen molar-refractivity contribution in [3.8, 4) is 5.75 Å². The number of rotatable bonds is 4. The van der Waals surface area contributed by atoms with E-state index in [4.69, 9.17) is 0 Å². The number of anilines is 1. The van der Waals surface area contributed by atoms with Gasteiger partial charge >= 0.3 is 0 Å². The van der Waals surface area contributed by atoms with Crippen molar-refractivity contribution in [3.05, 3.63) is 24.3 Å². The van der Waals surface area contributed by atoms with Gasteiger partial charge in [0.15, 0.2) is 0 Å². The zero-order valence-electron chi connectivity index (χ0n) is 12.3. The van der Waals surface area contributed by atoms with Gasteiger partial charge in [-0.05, 0) is 31.4 Å². The predicted molar refractivity (Wildman–Crippen MR) is 80.9 cm³/mol. The SMILES string of the molecule is CCCC(=O)N1CCC(C(=O)Nc2ccccc2O)CC1. The minimum Gasteiger partial charge on any atom is -0.506 e. The molecule has 1 aliphatic rings. The third kappa shape index (κ3) is 3.97. The fourth-order valence-electron chi connectivity index (χ4n) is 2.58. The summed E-state index contributed by atoms with van der Waals surface area (Å²) in [6.07, 6.45) is 2.78. The second kappa shape index (κ2) is 7.11. The molecule has 1 heterocycles. The van der Waals surface area contributed by atoms with Crippen molar-refractivity contribution in [3.63, 3.8) is 0 Å². The molecule has 2 amide bonds. The van der Waals surface area contributed by atoms with Crippen LogP contribution in [0.5, 0.6) is 5.75 Å². The fourth-order valence-corrected chi connectivity index (χ4v) is 2.58. The van der Waals surface area contributed by atoms with E-state index in [0.717, 1.165) is 6.42 Å². The number of carbonyl (C=O) groups excluding carboxylic acids is 2. The van der Waals surface area contributed by atoms with Gasteiger partial charge in [-0.1, -0.05) is 19.1 Å². The highest BCUT2D eigenvalue weighted by molar-refractivity contribution is 5.94. The maximum atomic E-state index is 12.2. The summed E-state index contributed by atoms with van der Waals surface area (Å²) < 4.78 is 0. The van der Waals surface area contributed by atoms with Gasteiger partial charge in [-0.25, -0.2) is 0 Å². The van der Waals surface area contributed by atoms with Gasteiger partial charge in [-0.3, -0.25) is 9.59 Å². The predicted octanol–water partition coefficient (Wildman–Crippen LogP) is 2.37. The Balaban J connectivity index is 1.86. The summed E-state index contributed by atoms with van der Waals surface area (Å²) in [6, 6.07) is 6.69. The van der Waals surface area contributed by atoms with Crippen LogP contribution in [0.4, 0.5) is 5.69 Å². The second-order valence-corrected chi connectivity index (χ2v) is 5.41. The molecule has 0 radical (unpaired) electrons. The van der Waals surface area contributed by atoms with Crippen LogP contribution < -0.4 is 5.32 Å². The third-order valence-electron chi connectivity index (χ3n) is 3.84. The quantitative estimate of drug-likeness (QED) is 0.836. The summed E-state index contributed by atoms with van der Waals surface area (Å²) >= 11 is 0. The van der Waals surface area contributed by atoms with E-state index in [1.165, 1.54) is 0 Å². The third-order valence-corrected chi connectivity index (χ3v) is 3.84. The first kappa shape index (κ1) is 15.4. The molecular formula is C16H22N2O3. The number of nitrogens with one attached hydrogen (secondary N) is 1. The summed E-state index contributed by atoms with van der Waals surface area (Å²) in [6.45, 7) is 3.26. The number of piperidine rings is 1. The molecule has 0 spiro atoms. The van der Waals surface area contributed by atoms with Crippen molar-refractivity contribution in [2.45, 2.75) is 32.6 Å². The Labute approximate surface area is 125 Å². The molecule has 1 fully saturated rings. The fraction of sp³-hybridized carbons (Fsp3) is 0.500. The number of benzene rings is 1. The molecule has 0 unspecified atom stereocenters. The molecule has 0 aliphatic carbocycles. The molecular weight excluding hydrogens is 268 g/mol. The van der Waals surface area contributed by atoms with Gasteiger partial charge in [0.1, 0.15) is 5.75 Å². The summed E-state index contributed by atoms with van der Waals surface area (Å²) in [5.74, 6) is 0.0628. The van der Waals surface area contributed by atoms with Crippen LogP contribution in [-0.4, -0.2) is 34.9 Å². The number of phenolic OH excluding ortho intramolecular Hbond substituents is 1. The Bertz CT molecular complexity index is 508. The van der Waals surface area contributed by atoms with Crippen LogP contribution in [0.3, 0.4) is 0 Å². The molecule has 114 valence electrons. The minimum atomic E-state index is -0.102. The molecule has 2 rings (SSSR count). The molecule has 0 atom stereocenters. The molecule has 1 aromatic rings. The van der Waals surface area contributed by atoms with Crippen molar-refractivity contribution in [2.75, 3.05) is 18.4 Å². The number of hydrogen-bond acceptors (Lipinski definition) is 3. The summed E-state index contributed by atoms with van der Waals surface area (Å²) in [4.78, 5) is 25.8. The Morgan fingerprint density at radius 1 is 1.29 bits per heavy atom. The molecule has 5 heteroatoms. The Hall–Kier alpha value is -2.04. The van der Waals surface area contributed by atoms with Gasteiger partial charge in [0.25, 0.3) is 0 Å². The summed E-state index contributed by atoms with van der Waals surface area (Å²) in [5.41, 5.74) is 0.437. The average molecular weight is 290 g/mol. The van der Waals surface area contributed by atoms with Crippen LogP contribution in [0.25, 0.3) is 0 Å². The molecule has 0 bridgehead atoms. The lowest BCUT2D eigenvalue weighted by atomic mass is 9.95. The zero-order valence-corrected chi connectivity index (χ0v) is 12.3. The lowest BCUT2D eigenvalue weighted by Gasteiger charge is -2.31. The van der Waals surface area contributed by atoms with Gasteiger partial charge in [0.2, 0.25) is 11.8 Å². The molecule has 1 saturated heterocycles. The number of aromatic hydroxyl groups is 1. The van der Waals surface area contributed by atoms with Crippen LogP contribution >= 0.6 is 0 Å². The van der Waals surface area contributed by atoms with E-state index in [0.29, 0.717) is 38.0 Å². The van der Waals surface area contributed by atoms with E-state index in [-0.39, 0.29) is 23.5 Å². The highest BCUT2D eigenvalue weighted by Gasteiger charge is 2.27. The van der Waals surface area contributed by atoms with Gasteiger partial charge in [0.05, 0.1) is 5.69 Å². The van der Waals surface area contributed by atoms with Crippen LogP contribution in [0, 0.1) is 5.92 Å². The van der Waals surface area contributed by atoms with E-state index in [1.807, 2.05) is 11.8 Å². The largest absolute Gasteiger partial charge is 0.506 e. The van der Waals surface area contributed by atoms with Crippen LogP contribution in [0.2, 0.25) is 0 Å². The topological polar surface area (TPSA) is 69.6 Å². The zero-order chi connectivity index (χ0) is 15.2. The Morgan fingerprint density at radius 2 is 1.95 bits per heavy atom. The minimum absolute atomic E-state index is 0.0707. The normalized spacial score (nSPS) is 15.8. The average Bonchev–Trinajstić information content (AvgIpc) is 2.50. The van der Waals surface area contributed by atoms with E-state index in [9.17, 15) is 14.7 Å². The molecule has 1 aromatic carbocycles. The number of hydrogen-bond donors (Lipinski definition) is 2. The summed E-state index contributed by atoms with van der Waals surface area (Å²) in [7, 11) is 0. The van der Waals surface area contributed by atoms with Crippen molar-refractivity contribution in [2.24, 2.45) is 5.92 Å². The first-order chi connectivity index (χ1) is 10.1. The van der Waals surface area contributed by atoms with Crippen molar-refractivity contribution >= 4 is 17.5 Å². The smallest absolute Gasteiger partial charge is 0.227 e. The monoisotopic (exact) mass is 290 g/mol. The molecule has 21 heavy (non-hydrogen) atoms. The van der Waals surface area contributed by atoms with Crippen LogP contribution in [0.1, 0.15) is 32.6 Å². The van der Waals surface area contributed by atoms with Gasteiger partial charge in [-0.15, -0.1) is 0 Å². The number of likely N-dealkylation sites (tertiary alicyclic amines) is 1. The number of para-hydroxylation sites is 2. The first-order valence-electron chi connectivity index (χ1n) is 7.48. The number of amides is 2. The maximum absolute atomic E-state index is 12.2. The van der Waals surface area contributed by atoms with E-state index in [1.54, 1.807) is 24.3 Å². The highest BCUT2D eigenvalue weighted by Crippen LogP contribution is 2.25. The van der Waals surface area contributed by atoms with Gasteiger partial charge in [-0.2, -0.15) is 0 Å². The second-order valence-electron chi connectivity index (χ2n) is 5.41. The lowest BCUT2D eigenvalue weighted by Crippen LogP contribution is -2.41. The van der Waals surface area contributed by atoms with Crippen molar-refractivity contribution in [1.82, 2.24) is 4.90 Å².